The number of nitrogens with one attached hydrogen (secondary N) is 1. The Hall–Kier alpha value is -4.36. The van der Waals surface area contributed by atoms with E-state index in [9.17, 15) is 28.4 Å². The molecule has 0 spiro atoms. The molecule has 1 aromatic heterocycles. The van der Waals surface area contributed by atoms with Crippen LogP contribution < -0.4 is 11.3 Å². The minimum atomic E-state index is -1.47. The monoisotopic (exact) mass is 494 g/mol. The Morgan fingerprint density at radius 3 is 2.31 bits per heavy atom. The number of ether oxygens (including phenoxy) is 1. The molecule has 0 saturated carbocycles. The largest absolute Gasteiger partial charge is 0.438 e. The van der Waals surface area contributed by atoms with E-state index in [1.165, 1.54) is 12.3 Å². The Morgan fingerprint density at radius 1 is 1.00 bits per heavy atom. The Kier molecular flexibility index (Phi) is 9.02. The number of benzene rings is 2. The molecular formula is C26H24F2N4O4. The molecule has 0 aliphatic heterocycles. The van der Waals surface area contributed by atoms with Gasteiger partial charge >= 0.3 is 6.09 Å². The van der Waals surface area contributed by atoms with Crippen molar-refractivity contribution in [3.63, 3.8) is 0 Å². The number of nitrogens with two attached hydrogens (primary N) is 1. The highest BCUT2D eigenvalue weighted by molar-refractivity contribution is 5.90. The van der Waals surface area contributed by atoms with Gasteiger partial charge in [0.1, 0.15) is 11.6 Å². The number of nitriles is 1. The lowest BCUT2D eigenvalue weighted by molar-refractivity contribution is -0.132. The fourth-order valence-corrected chi connectivity index (χ4v) is 3.93. The smallest absolute Gasteiger partial charge is 0.405 e. The highest BCUT2D eigenvalue weighted by Gasteiger charge is 2.34. The first-order valence-electron chi connectivity index (χ1n) is 11.0. The van der Waals surface area contributed by atoms with Crippen molar-refractivity contribution in [2.24, 2.45) is 5.73 Å². The maximum Gasteiger partial charge on any atom is 0.405 e. The molecule has 0 saturated heterocycles. The Morgan fingerprint density at radius 2 is 1.69 bits per heavy atom. The van der Waals surface area contributed by atoms with Gasteiger partial charge in [-0.15, -0.1) is 0 Å². The van der Waals surface area contributed by atoms with Crippen molar-refractivity contribution in [1.29, 1.82) is 5.26 Å². The van der Waals surface area contributed by atoms with Gasteiger partial charge in [0.2, 0.25) is 5.56 Å². The highest BCUT2D eigenvalue weighted by Crippen LogP contribution is 2.19. The average Bonchev–Trinajstić information content (AvgIpc) is 2.81. The standard InChI is InChI=1S/C26H24F2N4O4/c27-20-10-19(11-21(28)15-20)13-23(36-26(30)35)25(34)22(12-17-4-2-1-3-5-17)32(9-7-29)16-18-6-8-31-24(33)14-18/h1-6,8,10-11,14-15,22-23H,9,12-13,16H2,(H2,30,35)(H,31,33)/t22-,23?/m0/s1. The van der Waals surface area contributed by atoms with Gasteiger partial charge in [-0.05, 0) is 41.3 Å². The lowest BCUT2D eigenvalue weighted by Crippen LogP contribution is -2.49. The average molecular weight is 494 g/mol. The van der Waals surface area contributed by atoms with Gasteiger partial charge in [-0.2, -0.15) is 5.26 Å². The van der Waals surface area contributed by atoms with E-state index in [0.717, 1.165) is 17.7 Å². The van der Waals surface area contributed by atoms with Gasteiger partial charge in [-0.3, -0.25) is 14.5 Å². The molecule has 1 amide bonds. The number of carbonyl (C=O) groups excluding carboxylic acids is 2. The van der Waals surface area contributed by atoms with E-state index in [4.69, 9.17) is 10.5 Å². The summed E-state index contributed by atoms with van der Waals surface area (Å²) < 4.78 is 32.6. The van der Waals surface area contributed by atoms with E-state index in [-0.39, 0.29) is 37.1 Å². The van der Waals surface area contributed by atoms with Crippen LogP contribution in [0.4, 0.5) is 13.6 Å². The first kappa shape index (κ1) is 26.2. The summed E-state index contributed by atoms with van der Waals surface area (Å²) >= 11 is 0. The molecule has 0 bridgehead atoms. The van der Waals surface area contributed by atoms with Crippen LogP contribution in [0.1, 0.15) is 16.7 Å². The van der Waals surface area contributed by atoms with Crippen LogP contribution in [0.3, 0.4) is 0 Å². The lowest BCUT2D eigenvalue weighted by atomic mass is 9.94. The van der Waals surface area contributed by atoms with Gasteiger partial charge in [0.05, 0.1) is 18.7 Å². The summed E-state index contributed by atoms with van der Waals surface area (Å²) in [5.41, 5.74) is 6.27. The van der Waals surface area contributed by atoms with Gasteiger partial charge in [0.15, 0.2) is 11.9 Å². The number of amides is 1. The van der Waals surface area contributed by atoms with Crippen molar-refractivity contribution in [1.82, 2.24) is 9.88 Å². The molecule has 1 unspecified atom stereocenters. The summed E-state index contributed by atoms with van der Waals surface area (Å²) in [4.78, 5) is 41.3. The fourth-order valence-electron chi connectivity index (χ4n) is 3.93. The zero-order valence-corrected chi connectivity index (χ0v) is 19.2. The molecule has 0 aliphatic rings. The van der Waals surface area contributed by atoms with Crippen LogP contribution in [0.2, 0.25) is 0 Å². The second-order valence-electron chi connectivity index (χ2n) is 8.14. The summed E-state index contributed by atoms with van der Waals surface area (Å²) in [5.74, 6) is -2.31. The second kappa shape index (κ2) is 12.4. The van der Waals surface area contributed by atoms with Crippen LogP contribution in [0, 0.1) is 23.0 Å². The Bertz CT molecular complexity index is 1290. The Balaban J connectivity index is 1.99. The molecule has 1 heterocycles. The van der Waals surface area contributed by atoms with Crippen LogP contribution in [-0.2, 0) is 28.9 Å². The molecule has 10 heteroatoms. The maximum atomic E-state index is 13.8. The minimum Gasteiger partial charge on any atom is -0.438 e. The number of rotatable bonds is 11. The molecular weight excluding hydrogens is 470 g/mol. The normalized spacial score (nSPS) is 12.5. The minimum absolute atomic E-state index is 0.0681. The number of hydrogen-bond acceptors (Lipinski definition) is 6. The first-order chi connectivity index (χ1) is 17.2. The summed E-state index contributed by atoms with van der Waals surface area (Å²) in [5, 5.41) is 9.49. The fraction of sp³-hybridized carbons (Fsp3) is 0.231. The third-order valence-corrected chi connectivity index (χ3v) is 5.46. The molecule has 3 aromatic rings. The molecule has 8 nitrogen and oxygen atoms in total. The van der Waals surface area contributed by atoms with Crippen molar-refractivity contribution in [3.8, 4) is 6.07 Å². The number of nitrogens with zero attached hydrogens (tertiary/aromatic N) is 2. The summed E-state index contributed by atoms with van der Waals surface area (Å²) in [6, 6.07) is 15.7. The molecule has 0 fully saturated rings. The zero-order valence-electron chi connectivity index (χ0n) is 19.2. The quantitative estimate of drug-likeness (QED) is 0.395. The van der Waals surface area contributed by atoms with Crippen LogP contribution >= 0.6 is 0 Å². The van der Waals surface area contributed by atoms with Crippen molar-refractivity contribution >= 4 is 11.9 Å². The van der Waals surface area contributed by atoms with Crippen LogP contribution in [0.25, 0.3) is 0 Å². The van der Waals surface area contributed by atoms with Crippen LogP contribution in [-0.4, -0.2) is 40.5 Å². The molecule has 0 radical (unpaired) electrons. The Labute approximate surface area is 205 Å². The number of aromatic nitrogens is 1. The predicted molar refractivity (Wildman–Crippen MR) is 127 cm³/mol. The molecule has 2 atom stereocenters. The topological polar surface area (TPSA) is 129 Å². The maximum absolute atomic E-state index is 13.8. The van der Waals surface area contributed by atoms with Gasteiger partial charge in [-0.1, -0.05) is 30.3 Å². The van der Waals surface area contributed by atoms with E-state index in [1.54, 1.807) is 41.3 Å². The van der Waals surface area contributed by atoms with Crippen LogP contribution in [0.5, 0.6) is 0 Å². The SMILES string of the molecule is N#CCN(Cc1cc[nH]c(=O)c1)[C@@H](Cc1ccccc1)C(=O)C(Cc1cc(F)cc(F)c1)OC(N)=O. The number of aromatic amines is 1. The van der Waals surface area contributed by atoms with Crippen molar-refractivity contribution in [3.05, 3.63) is 106 Å². The van der Waals surface area contributed by atoms with E-state index < -0.39 is 35.7 Å². The molecule has 3 rings (SSSR count). The van der Waals surface area contributed by atoms with Gasteiger partial charge in [0.25, 0.3) is 0 Å². The van der Waals surface area contributed by atoms with E-state index in [2.05, 4.69) is 4.98 Å². The molecule has 2 aromatic carbocycles. The number of carbonyl (C=O) groups is 2. The lowest BCUT2D eigenvalue weighted by Gasteiger charge is -2.31. The molecule has 36 heavy (non-hydrogen) atoms. The number of primary amides is 1. The van der Waals surface area contributed by atoms with Crippen molar-refractivity contribution in [2.45, 2.75) is 31.5 Å². The zero-order chi connectivity index (χ0) is 26.1. The van der Waals surface area contributed by atoms with E-state index in [1.807, 2.05) is 6.07 Å². The highest BCUT2D eigenvalue weighted by atomic mass is 19.1. The number of halogens is 2. The number of hydrogen-bond donors (Lipinski definition) is 2. The first-order valence-corrected chi connectivity index (χ1v) is 11.0. The second-order valence-corrected chi connectivity index (χ2v) is 8.14. The molecule has 186 valence electrons. The predicted octanol–water partition coefficient (Wildman–Crippen LogP) is 2.87. The van der Waals surface area contributed by atoms with Gasteiger partial charge in [0, 0.05) is 31.3 Å². The van der Waals surface area contributed by atoms with Gasteiger partial charge < -0.3 is 15.5 Å². The summed E-state index contributed by atoms with van der Waals surface area (Å²) in [6.07, 6.45) is -1.44. The number of ketones is 1. The van der Waals surface area contributed by atoms with Gasteiger partial charge in [-0.25, -0.2) is 13.6 Å². The summed E-state index contributed by atoms with van der Waals surface area (Å²) in [7, 11) is 0. The van der Waals surface area contributed by atoms with Crippen molar-refractivity contribution in [2.75, 3.05) is 6.54 Å². The molecule has 3 N–H and O–H groups in total. The number of H-pyrrole nitrogens is 1. The molecule has 0 aliphatic carbocycles. The third kappa shape index (κ3) is 7.58. The third-order valence-electron chi connectivity index (χ3n) is 5.46. The van der Waals surface area contributed by atoms with Crippen molar-refractivity contribution < 1.29 is 23.1 Å². The number of Topliss-reactive ketones (excluding diaryl/α,β-unsaturated/α-hetero) is 1. The van der Waals surface area contributed by atoms with E-state index in [0.29, 0.717) is 11.6 Å². The van der Waals surface area contributed by atoms with Crippen LogP contribution in [0.15, 0.2) is 71.7 Å². The summed E-state index contributed by atoms with van der Waals surface area (Å²) in [6.45, 7) is -0.119. The number of pyridine rings is 1. The van der Waals surface area contributed by atoms with E-state index >= 15 is 0 Å².